The standard InChI is InChI=1S/C9H12O3/c1-5-3-6-8(2,12-6)9(4-11-9)7(5)10/h5-6H,3-4H2,1-2H3/t5?,6-,8-,9+/m0/s1. The third-order valence-corrected chi connectivity index (χ3v) is 3.59. The first-order valence-corrected chi connectivity index (χ1v) is 4.46. The first-order chi connectivity index (χ1) is 5.60. The van der Waals surface area contributed by atoms with Crippen LogP contribution in [0.1, 0.15) is 20.3 Å². The van der Waals surface area contributed by atoms with Crippen molar-refractivity contribution in [3.05, 3.63) is 0 Å². The quantitative estimate of drug-likeness (QED) is 0.495. The highest BCUT2D eigenvalue weighted by Crippen LogP contribution is 2.60. The van der Waals surface area contributed by atoms with Gasteiger partial charge in [0.15, 0.2) is 11.4 Å². The van der Waals surface area contributed by atoms with Gasteiger partial charge in [-0.25, -0.2) is 0 Å². The second-order valence-electron chi connectivity index (χ2n) is 4.33. The molecule has 1 unspecified atom stereocenters. The first kappa shape index (κ1) is 7.04. The summed E-state index contributed by atoms with van der Waals surface area (Å²) in [6.07, 6.45) is 1.15. The maximum Gasteiger partial charge on any atom is 0.181 e. The summed E-state index contributed by atoms with van der Waals surface area (Å²) in [6, 6.07) is 0. The summed E-state index contributed by atoms with van der Waals surface area (Å²) in [6.45, 7) is 4.53. The average Bonchev–Trinajstić information content (AvgIpc) is 2.85. The Labute approximate surface area is 71.0 Å². The van der Waals surface area contributed by atoms with E-state index in [1.54, 1.807) is 0 Å². The Bertz CT molecular complexity index is 269. The van der Waals surface area contributed by atoms with Gasteiger partial charge in [-0.3, -0.25) is 4.79 Å². The summed E-state index contributed by atoms with van der Waals surface area (Å²) in [5.41, 5.74) is -0.800. The van der Waals surface area contributed by atoms with Crippen molar-refractivity contribution < 1.29 is 14.3 Å². The van der Waals surface area contributed by atoms with Crippen molar-refractivity contribution >= 4 is 5.78 Å². The van der Waals surface area contributed by atoms with E-state index in [1.807, 2.05) is 13.8 Å². The van der Waals surface area contributed by atoms with Crippen LogP contribution in [0.5, 0.6) is 0 Å². The largest absolute Gasteiger partial charge is 0.363 e. The van der Waals surface area contributed by atoms with Crippen LogP contribution >= 0.6 is 0 Å². The summed E-state index contributed by atoms with van der Waals surface area (Å²) in [4.78, 5) is 11.7. The van der Waals surface area contributed by atoms with Gasteiger partial charge in [-0.05, 0) is 13.3 Å². The Hall–Kier alpha value is -0.410. The molecule has 2 aliphatic heterocycles. The Kier molecular flexibility index (Phi) is 0.945. The van der Waals surface area contributed by atoms with Gasteiger partial charge in [0.2, 0.25) is 0 Å². The fraction of sp³-hybridized carbons (Fsp3) is 0.889. The molecule has 1 aliphatic carbocycles. The molecule has 4 atom stereocenters. The molecule has 3 rings (SSSR count). The van der Waals surface area contributed by atoms with E-state index < -0.39 is 5.60 Å². The Morgan fingerprint density at radius 1 is 1.58 bits per heavy atom. The fourth-order valence-corrected chi connectivity index (χ4v) is 2.46. The number of ketones is 1. The number of ether oxygens (including phenoxy) is 2. The van der Waals surface area contributed by atoms with Crippen LogP contribution in [0.2, 0.25) is 0 Å². The molecule has 1 saturated carbocycles. The van der Waals surface area contributed by atoms with Gasteiger partial charge in [-0.1, -0.05) is 6.92 Å². The van der Waals surface area contributed by atoms with Gasteiger partial charge in [-0.15, -0.1) is 0 Å². The predicted molar refractivity (Wildman–Crippen MR) is 40.7 cm³/mol. The minimum atomic E-state index is -0.532. The molecular weight excluding hydrogens is 156 g/mol. The number of carbonyl (C=O) groups is 1. The van der Waals surface area contributed by atoms with Crippen LogP contribution < -0.4 is 0 Å². The zero-order valence-electron chi connectivity index (χ0n) is 7.29. The number of hydrogen-bond acceptors (Lipinski definition) is 3. The topological polar surface area (TPSA) is 42.1 Å². The first-order valence-electron chi connectivity index (χ1n) is 4.46. The van der Waals surface area contributed by atoms with Gasteiger partial charge < -0.3 is 9.47 Å². The molecule has 0 aromatic carbocycles. The molecule has 0 aromatic heterocycles. The lowest BCUT2D eigenvalue weighted by molar-refractivity contribution is -0.130. The molecule has 0 bridgehead atoms. The molecule has 2 heterocycles. The van der Waals surface area contributed by atoms with E-state index in [2.05, 4.69) is 0 Å². The molecule has 1 spiro atoms. The monoisotopic (exact) mass is 168 g/mol. The highest BCUT2D eigenvalue weighted by molar-refractivity contribution is 5.95. The van der Waals surface area contributed by atoms with Crippen molar-refractivity contribution in [3.8, 4) is 0 Å². The van der Waals surface area contributed by atoms with E-state index in [0.717, 1.165) is 6.42 Å². The molecule has 12 heavy (non-hydrogen) atoms. The number of carbonyl (C=O) groups excluding carboxylic acids is 1. The van der Waals surface area contributed by atoms with Gasteiger partial charge in [0.1, 0.15) is 5.60 Å². The highest BCUT2D eigenvalue weighted by Gasteiger charge is 2.79. The maximum absolute atomic E-state index is 11.7. The van der Waals surface area contributed by atoms with Crippen molar-refractivity contribution in [2.45, 2.75) is 37.6 Å². The molecule has 0 aromatic rings. The molecule has 3 aliphatic rings. The lowest BCUT2D eigenvalue weighted by atomic mass is 9.74. The van der Waals surface area contributed by atoms with Gasteiger partial charge in [0.05, 0.1) is 12.7 Å². The molecular formula is C9H12O3. The van der Waals surface area contributed by atoms with Crippen LogP contribution in [-0.2, 0) is 14.3 Å². The molecule has 3 nitrogen and oxygen atoms in total. The van der Waals surface area contributed by atoms with E-state index in [0.29, 0.717) is 6.61 Å². The third kappa shape index (κ3) is 0.529. The van der Waals surface area contributed by atoms with Crippen molar-refractivity contribution in [3.63, 3.8) is 0 Å². The van der Waals surface area contributed by atoms with Crippen LogP contribution in [0.15, 0.2) is 0 Å². The van der Waals surface area contributed by atoms with Crippen LogP contribution in [0.25, 0.3) is 0 Å². The fourth-order valence-electron chi connectivity index (χ4n) is 2.46. The smallest absolute Gasteiger partial charge is 0.181 e. The van der Waals surface area contributed by atoms with Gasteiger partial charge in [-0.2, -0.15) is 0 Å². The number of Topliss-reactive ketones (excluding diaryl/α,β-unsaturated/α-hetero) is 1. The Morgan fingerprint density at radius 3 is 2.83 bits per heavy atom. The molecule has 3 heteroatoms. The molecule has 0 N–H and O–H groups in total. The zero-order valence-corrected chi connectivity index (χ0v) is 7.29. The summed E-state index contributed by atoms with van der Waals surface area (Å²) in [5.74, 6) is 0.367. The maximum atomic E-state index is 11.7. The molecule has 2 saturated heterocycles. The molecule has 66 valence electrons. The predicted octanol–water partition coefficient (Wildman–Crippen LogP) is 0.522. The highest BCUT2D eigenvalue weighted by atomic mass is 16.7. The third-order valence-electron chi connectivity index (χ3n) is 3.59. The summed E-state index contributed by atoms with van der Waals surface area (Å²) in [7, 11) is 0. The second-order valence-corrected chi connectivity index (χ2v) is 4.33. The minimum Gasteiger partial charge on any atom is -0.363 e. The minimum absolute atomic E-state index is 0.119. The molecule has 0 radical (unpaired) electrons. The SMILES string of the molecule is CC1C[C@@H]2O[C@]2(C)[C@@]2(CO2)C1=O. The number of epoxide rings is 2. The van der Waals surface area contributed by atoms with Crippen molar-refractivity contribution in [1.82, 2.24) is 0 Å². The summed E-state index contributed by atoms with van der Waals surface area (Å²) >= 11 is 0. The van der Waals surface area contributed by atoms with Gasteiger partial charge >= 0.3 is 0 Å². The second kappa shape index (κ2) is 1.61. The van der Waals surface area contributed by atoms with E-state index in [9.17, 15) is 4.79 Å². The van der Waals surface area contributed by atoms with Crippen molar-refractivity contribution in [2.24, 2.45) is 5.92 Å². The van der Waals surface area contributed by atoms with E-state index in [4.69, 9.17) is 9.47 Å². The molecule has 0 amide bonds. The average molecular weight is 168 g/mol. The Morgan fingerprint density at radius 2 is 2.25 bits per heavy atom. The summed E-state index contributed by atoms with van der Waals surface area (Å²) < 4.78 is 10.8. The number of fused-ring (bicyclic) bond motifs is 2. The lowest BCUT2D eigenvalue weighted by Crippen LogP contribution is -2.47. The number of rotatable bonds is 0. The number of hydrogen-bond donors (Lipinski definition) is 0. The van der Waals surface area contributed by atoms with Crippen LogP contribution in [0, 0.1) is 5.92 Å². The van der Waals surface area contributed by atoms with Crippen molar-refractivity contribution in [2.75, 3.05) is 6.61 Å². The van der Waals surface area contributed by atoms with Crippen molar-refractivity contribution in [1.29, 1.82) is 0 Å². The van der Waals surface area contributed by atoms with E-state index >= 15 is 0 Å². The normalized spacial score (nSPS) is 61.7. The summed E-state index contributed by atoms with van der Waals surface area (Å²) in [5, 5.41) is 0. The Balaban J connectivity index is 2.02. The van der Waals surface area contributed by atoms with E-state index in [1.165, 1.54) is 0 Å². The van der Waals surface area contributed by atoms with Gasteiger partial charge in [0, 0.05) is 5.92 Å². The zero-order chi connectivity index (χ0) is 8.56. The van der Waals surface area contributed by atoms with Crippen LogP contribution in [-0.4, -0.2) is 29.7 Å². The van der Waals surface area contributed by atoms with Crippen LogP contribution in [0.4, 0.5) is 0 Å². The van der Waals surface area contributed by atoms with Gasteiger partial charge in [0.25, 0.3) is 0 Å². The van der Waals surface area contributed by atoms with E-state index in [-0.39, 0.29) is 23.4 Å². The lowest BCUT2D eigenvalue weighted by Gasteiger charge is -2.24. The van der Waals surface area contributed by atoms with Crippen LogP contribution in [0.3, 0.4) is 0 Å². The molecule has 3 fully saturated rings.